The number of carbonyl (C=O) groups excluding carboxylic acids is 2. The number of likely N-dealkylation sites (tertiary alicyclic amines) is 1. The molecular formula is C14H13Cl2F3N2O2. The van der Waals surface area contributed by atoms with E-state index in [2.05, 4.69) is 0 Å². The Morgan fingerprint density at radius 2 is 1.96 bits per heavy atom. The minimum atomic E-state index is -4.49. The van der Waals surface area contributed by atoms with E-state index < -0.39 is 30.6 Å². The summed E-state index contributed by atoms with van der Waals surface area (Å²) in [6.07, 6.45) is -3.64. The lowest BCUT2D eigenvalue weighted by atomic mass is 10.1. The normalized spacial score (nSPS) is 18.1. The maximum absolute atomic E-state index is 12.4. The van der Waals surface area contributed by atoms with Crippen molar-refractivity contribution >= 4 is 35.0 Å². The summed E-state index contributed by atoms with van der Waals surface area (Å²) < 4.78 is 36.6. The first kappa shape index (κ1) is 17.9. The molecule has 0 bridgehead atoms. The summed E-state index contributed by atoms with van der Waals surface area (Å²) in [5.41, 5.74) is 0.231. The highest BCUT2D eigenvalue weighted by molar-refractivity contribution is 6.42. The number of carbonyl (C=O) groups is 2. The summed E-state index contributed by atoms with van der Waals surface area (Å²) in [6.45, 7) is -1.12. The van der Waals surface area contributed by atoms with Crippen LogP contribution in [0.2, 0.25) is 10.0 Å². The van der Waals surface area contributed by atoms with Crippen molar-refractivity contribution < 1.29 is 22.8 Å². The van der Waals surface area contributed by atoms with E-state index in [4.69, 9.17) is 23.2 Å². The third-order valence-electron chi connectivity index (χ3n) is 3.45. The number of benzene rings is 1. The van der Waals surface area contributed by atoms with Crippen LogP contribution in [0.15, 0.2) is 18.2 Å². The van der Waals surface area contributed by atoms with Crippen molar-refractivity contribution in [3.8, 4) is 0 Å². The standard InChI is InChI=1S/C14H13Cl2F3N2O2/c15-9-4-3-8(6-10(9)16)13(23)21-5-1-2-11(21)12(22)20-7-14(17,18)19/h3-4,6,11H,1-2,5,7H2,(H,20,22)/t11-/m1/s1. The third-order valence-corrected chi connectivity index (χ3v) is 4.18. The van der Waals surface area contributed by atoms with Gasteiger partial charge in [0, 0.05) is 12.1 Å². The number of halogens is 5. The fraction of sp³-hybridized carbons (Fsp3) is 0.429. The van der Waals surface area contributed by atoms with Crippen molar-refractivity contribution in [3.63, 3.8) is 0 Å². The quantitative estimate of drug-likeness (QED) is 0.889. The van der Waals surface area contributed by atoms with Crippen molar-refractivity contribution in [1.29, 1.82) is 0 Å². The molecule has 126 valence electrons. The zero-order valence-corrected chi connectivity index (χ0v) is 13.3. The van der Waals surface area contributed by atoms with E-state index in [-0.39, 0.29) is 15.6 Å². The highest BCUT2D eigenvalue weighted by Crippen LogP contribution is 2.26. The number of alkyl halides is 3. The Kier molecular flexibility index (Phi) is 5.41. The predicted octanol–water partition coefficient (Wildman–Crippen LogP) is 3.28. The molecule has 0 radical (unpaired) electrons. The SMILES string of the molecule is O=C(NCC(F)(F)F)[C@H]1CCCN1C(=O)c1ccc(Cl)c(Cl)c1. The summed E-state index contributed by atoms with van der Waals surface area (Å²) in [5, 5.41) is 2.29. The smallest absolute Gasteiger partial charge is 0.345 e. The molecule has 2 amide bonds. The Bertz CT molecular complexity index is 623. The van der Waals surface area contributed by atoms with Gasteiger partial charge in [0.1, 0.15) is 12.6 Å². The van der Waals surface area contributed by atoms with E-state index in [9.17, 15) is 22.8 Å². The maximum atomic E-state index is 12.4. The van der Waals surface area contributed by atoms with E-state index in [1.165, 1.54) is 23.1 Å². The number of nitrogens with one attached hydrogen (secondary N) is 1. The van der Waals surface area contributed by atoms with Crippen LogP contribution in [0, 0.1) is 0 Å². The van der Waals surface area contributed by atoms with Crippen LogP contribution in [0.25, 0.3) is 0 Å². The van der Waals surface area contributed by atoms with Gasteiger partial charge in [-0.25, -0.2) is 0 Å². The summed E-state index contributed by atoms with van der Waals surface area (Å²) in [5.74, 6) is -1.28. The van der Waals surface area contributed by atoms with Crippen LogP contribution in [0.3, 0.4) is 0 Å². The van der Waals surface area contributed by atoms with Crippen molar-refractivity contribution in [2.45, 2.75) is 25.1 Å². The zero-order valence-electron chi connectivity index (χ0n) is 11.8. The summed E-state index contributed by atoms with van der Waals surface area (Å²) >= 11 is 11.6. The first-order valence-electron chi connectivity index (χ1n) is 6.79. The van der Waals surface area contributed by atoms with Crippen LogP contribution in [-0.2, 0) is 4.79 Å². The Balaban J connectivity index is 2.09. The maximum Gasteiger partial charge on any atom is 0.405 e. The molecule has 1 aliphatic rings. The molecule has 1 N–H and O–H groups in total. The minimum Gasteiger partial charge on any atom is -0.345 e. The van der Waals surface area contributed by atoms with Gasteiger partial charge < -0.3 is 10.2 Å². The molecule has 1 atom stereocenters. The molecule has 1 fully saturated rings. The van der Waals surface area contributed by atoms with Gasteiger partial charge in [0.15, 0.2) is 0 Å². The van der Waals surface area contributed by atoms with Gasteiger partial charge >= 0.3 is 6.18 Å². The summed E-state index contributed by atoms with van der Waals surface area (Å²) in [4.78, 5) is 25.6. The molecule has 1 saturated heterocycles. The molecule has 0 saturated carbocycles. The van der Waals surface area contributed by atoms with Gasteiger partial charge in [-0.05, 0) is 31.0 Å². The Morgan fingerprint density at radius 3 is 2.57 bits per heavy atom. The van der Waals surface area contributed by atoms with E-state index >= 15 is 0 Å². The Morgan fingerprint density at radius 1 is 1.26 bits per heavy atom. The highest BCUT2D eigenvalue weighted by Gasteiger charge is 2.36. The fourth-order valence-electron chi connectivity index (χ4n) is 2.38. The van der Waals surface area contributed by atoms with E-state index in [1.807, 2.05) is 5.32 Å². The Labute approximate surface area is 140 Å². The molecule has 0 aromatic heterocycles. The molecule has 1 aromatic rings. The van der Waals surface area contributed by atoms with Gasteiger partial charge in [-0.15, -0.1) is 0 Å². The second-order valence-electron chi connectivity index (χ2n) is 5.12. The lowest BCUT2D eigenvalue weighted by molar-refractivity contribution is -0.140. The van der Waals surface area contributed by atoms with Gasteiger partial charge in [0.05, 0.1) is 10.0 Å². The van der Waals surface area contributed by atoms with Crippen LogP contribution < -0.4 is 5.32 Å². The van der Waals surface area contributed by atoms with Crippen LogP contribution in [0.5, 0.6) is 0 Å². The molecular weight excluding hydrogens is 356 g/mol. The molecule has 2 rings (SSSR count). The fourth-order valence-corrected chi connectivity index (χ4v) is 2.68. The first-order valence-corrected chi connectivity index (χ1v) is 7.55. The van der Waals surface area contributed by atoms with E-state index in [0.717, 1.165) is 0 Å². The summed E-state index contributed by atoms with van der Waals surface area (Å²) in [7, 11) is 0. The van der Waals surface area contributed by atoms with Crippen LogP contribution in [0.1, 0.15) is 23.2 Å². The number of hydrogen-bond donors (Lipinski definition) is 1. The molecule has 0 unspecified atom stereocenters. The van der Waals surface area contributed by atoms with Crippen LogP contribution in [0.4, 0.5) is 13.2 Å². The average Bonchev–Trinajstić information content (AvgIpc) is 2.95. The molecule has 23 heavy (non-hydrogen) atoms. The molecule has 0 aliphatic carbocycles. The summed E-state index contributed by atoms with van der Waals surface area (Å²) in [6, 6.07) is 3.36. The van der Waals surface area contributed by atoms with Crippen molar-refractivity contribution in [1.82, 2.24) is 10.2 Å². The number of amides is 2. The first-order chi connectivity index (χ1) is 10.7. The van der Waals surface area contributed by atoms with Crippen LogP contribution >= 0.6 is 23.2 Å². The zero-order chi connectivity index (χ0) is 17.2. The third kappa shape index (κ3) is 4.51. The number of nitrogens with zero attached hydrogens (tertiary/aromatic N) is 1. The van der Waals surface area contributed by atoms with E-state index in [0.29, 0.717) is 19.4 Å². The van der Waals surface area contributed by atoms with Crippen molar-refractivity contribution in [3.05, 3.63) is 33.8 Å². The lowest BCUT2D eigenvalue weighted by Gasteiger charge is -2.24. The number of rotatable bonds is 3. The van der Waals surface area contributed by atoms with Gasteiger partial charge in [0.25, 0.3) is 5.91 Å². The topological polar surface area (TPSA) is 49.4 Å². The highest BCUT2D eigenvalue weighted by atomic mass is 35.5. The van der Waals surface area contributed by atoms with Gasteiger partial charge in [-0.2, -0.15) is 13.2 Å². The number of hydrogen-bond acceptors (Lipinski definition) is 2. The monoisotopic (exact) mass is 368 g/mol. The predicted molar refractivity (Wildman–Crippen MR) is 79.6 cm³/mol. The van der Waals surface area contributed by atoms with Gasteiger partial charge in [-0.1, -0.05) is 23.2 Å². The molecule has 1 aliphatic heterocycles. The Hall–Kier alpha value is -1.47. The molecule has 4 nitrogen and oxygen atoms in total. The average molecular weight is 369 g/mol. The van der Waals surface area contributed by atoms with E-state index in [1.54, 1.807) is 0 Å². The van der Waals surface area contributed by atoms with Crippen molar-refractivity contribution in [2.75, 3.05) is 13.1 Å². The molecule has 0 spiro atoms. The minimum absolute atomic E-state index is 0.190. The van der Waals surface area contributed by atoms with Crippen molar-refractivity contribution in [2.24, 2.45) is 0 Å². The second-order valence-corrected chi connectivity index (χ2v) is 5.93. The van der Waals surface area contributed by atoms with Gasteiger partial charge in [-0.3, -0.25) is 9.59 Å². The molecule has 1 heterocycles. The lowest BCUT2D eigenvalue weighted by Crippen LogP contribution is -2.48. The van der Waals surface area contributed by atoms with Crippen LogP contribution in [-0.4, -0.2) is 42.0 Å². The second kappa shape index (κ2) is 6.97. The molecule has 9 heteroatoms. The van der Waals surface area contributed by atoms with Gasteiger partial charge in [0.2, 0.25) is 5.91 Å². The molecule has 1 aromatic carbocycles. The largest absolute Gasteiger partial charge is 0.405 e.